The van der Waals surface area contributed by atoms with E-state index in [1.165, 1.54) is 18.9 Å². The summed E-state index contributed by atoms with van der Waals surface area (Å²) in [6.07, 6.45) is 0.0602. The maximum Gasteiger partial charge on any atom is 0.265 e. The number of nitrogens with zero attached hydrogens (tertiary/aromatic N) is 1. The van der Waals surface area contributed by atoms with Crippen molar-refractivity contribution in [1.82, 2.24) is 0 Å². The second-order valence-corrected chi connectivity index (χ2v) is 6.44. The number of Topliss-reactive ketones (excluding diaryl/α,β-unsaturated/α-hetero) is 1. The fourth-order valence-corrected chi connectivity index (χ4v) is 2.99. The van der Waals surface area contributed by atoms with Gasteiger partial charge in [0.05, 0.1) is 25.6 Å². The van der Waals surface area contributed by atoms with E-state index in [9.17, 15) is 14.4 Å². The van der Waals surface area contributed by atoms with Gasteiger partial charge in [-0.3, -0.25) is 14.4 Å². The molecule has 2 aromatic rings. The normalized spacial score (nSPS) is 12.7. The lowest BCUT2D eigenvalue weighted by atomic mass is 10.1. The molecule has 2 amide bonds. The van der Waals surface area contributed by atoms with E-state index in [0.717, 1.165) is 0 Å². The average Bonchev–Trinajstić information content (AvgIpc) is 2.72. The molecule has 0 fully saturated rings. The van der Waals surface area contributed by atoms with Gasteiger partial charge in [0, 0.05) is 24.6 Å². The number of methoxy groups -OCH3 is 2. The third-order valence-electron chi connectivity index (χ3n) is 4.55. The summed E-state index contributed by atoms with van der Waals surface area (Å²) >= 11 is 0. The van der Waals surface area contributed by atoms with Gasteiger partial charge in [-0.15, -0.1) is 0 Å². The Morgan fingerprint density at radius 1 is 1.14 bits per heavy atom. The van der Waals surface area contributed by atoms with Gasteiger partial charge in [0.1, 0.15) is 17.2 Å². The van der Waals surface area contributed by atoms with Gasteiger partial charge in [-0.25, -0.2) is 0 Å². The van der Waals surface area contributed by atoms with E-state index >= 15 is 0 Å². The van der Waals surface area contributed by atoms with Crippen molar-refractivity contribution < 1.29 is 28.6 Å². The summed E-state index contributed by atoms with van der Waals surface area (Å²) in [4.78, 5) is 37.9. The Bertz CT molecular complexity index is 956. The Labute approximate surface area is 168 Å². The maximum atomic E-state index is 12.5. The highest BCUT2D eigenvalue weighted by Gasteiger charge is 2.26. The molecule has 0 saturated heterocycles. The molecule has 0 saturated carbocycles. The van der Waals surface area contributed by atoms with Gasteiger partial charge in [-0.1, -0.05) is 0 Å². The van der Waals surface area contributed by atoms with Crippen molar-refractivity contribution in [3.05, 3.63) is 42.0 Å². The number of carbonyl (C=O) groups excluding carboxylic acids is 3. The average molecular weight is 398 g/mol. The molecule has 0 aliphatic carbocycles. The van der Waals surface area contributed by atoms with Crippen LogP contribution in [-0.2, 0) is 9.59 Å². The molecule has 2 aromatic carbocycles. The van der Waals surface area contributed by atoms with Crippen LogP contribution >= 0.6 is 0 Å². The first-order chi connectivity index (χ1) is 13.9. The number of ether oxygens (including phenoxy) is 3. The lowest BCUT2D eigenvalue weighted by Crippen LogP contribution is -2.40. The molecule has 29 heavy (non-hydrogen) atoms. The van der Waals surface area contributed by atoms with Gasteiger partial charge in [-0.2, -0.15) is 0 Å². The van der Waals surface area contributed by atoms with Crippen LogP contribution < -0.4 is 24.4 Å². The summed E-state index contributed by atoms with van der Waals surface area (Å²) < 4.78 is 15.8. The number of rotatable bonds is 7. The molecule has 0 bridgehead atoms. The monoisotopic (exact) mass is 398 g/mol. The van der Waals surface area contributed by atoms with Crippen LogP contribution in [-0.4, -0.2) is 45.0 Å². The zero-order valence-electron chi connectivity index (χ0n) is 16.5. The van der Waals surface area contributed by atoms with Crippen molar-refractivity contribution in [2.75, 3.05) is 37.6 Å². The number of hydrogen-bond donors (Lipinski definition) is 1. The highest BCUT2D eigenvalue weighted by molar-refractivity contribution is 6.02. The molecule has 0 spiro atoms. The molecule has 8 nitrogen and oxygen atoms in total. The van der Waals surface area contributed by atoms with Crippen molar-refractivity contribution in [3.8, 4) is 17.2 Å². The zero-order chi connectivity index (χ0) is 21.0. The van der Waals surface area contributed by atoms with Gasteiger partial charge in [-0.05, 0) is 37.3 Å². The Hall–Kier alpha value is -3.55. The fourth-order valence-electron chi connectivity index (χ4n) is 2.99. The minimum absolute atomic E-state index is 0.0602. The molecule has 152 valence electrons. The first kappa shape index (κ1) is 20.2. The van der Waals surface area contributed by atoms with E-state index in [1.54, 1.807) is 43.5 Å². The summed E-state index contributed by atoms with van der Waals surface area (Å²) in [5.41, 5.74) is 1.47. The first-order valence-electron chi connectivity index (χ1n) is 9.03. The van der Waals surface area contributed by atoms with Crippen LogP contribution in [0.5, 0.6) is 17.2 Å². The van der Waals surface area contributed by atoms with Crippen molar-refractivity contribution in [2.45, 2.75) is 13.3 Å². The molecule has 0 unspecified atom stereocenters. The largest absolute Gasteiger partial charge is 0.497 e. The number of benzene rings is 2. The smallest absolute Gasteiger partial charge is 0.265 e. The van der Waals surface area contributed by atoms with Gasteiger partial charge < -0.3 is 24.4 Å². The standard InChI is InChI=1S/C21H22N2O6/c1-13(24)14-4-7-18-17(10-14)23(21(26)12-29-18)9-8-20(25)22-16-6-5-15(27-2)11-19(16)28-3/h4-7,10-11H,8-9,12H2,1-3H3,(H,22,25). The Morgan fingerprint density at radius 3 is 2.62 bits per heavy atom. The van der Waals surface area contributed by atoms with E-state index < -0.39 is 0 Å². The third kappa shape index (κ3) is 4.48. The lowest BCUT2D eigenvalue weighted by molar-refractivity contribution is -0.121. The van der Waals surface area contributed by atoms with E-state index in [2.05, 4.69) is 5.32 Å². The molecule has 1 aliphatic heterocycles. The highest BCUT2D eigenvalue weighted by atomic mass is 16.5. The summed E-state index contributed by atoms with van der Waals surface area (Å²) in [5, 5.41) is 2.78. The molecule has 0 aromatic heterocycles. The minimum atomic E-state index is -0.281. The number of nitrogens with one attached hydrogen (secondary N) is 1. The van der Waals surface area contributed by atoms with Crippen molar-refractivity contribution in [2.24, 2.45) is 0 Å². The van der Waals surface area contributed by atoms with Crippen LogP contribution in [0.4, 0.5) is 11.4 Å². The predicted octanol–water partition coefficient (Wildman–Crippen LogP) is 2.66. The second-order valence-electron chi connectivity index (χ2n) is 6.44. The Balaban J connectivity index is 1.71. The molecule has 1 heterocycles. The van der Waals surface area contributed by atoms with Crippen molar-refractivity contribution >= 4 is 29.0 Å². The van der Waals surface area contributed by atoms with E-state index in [1.807, 2.05) is 0 Å². The number of ketones is 1. The number of amides is 2. The van der Waals surface area contributed by atoms with Gasteiger partial charge >= 0.3 is 0 Å². The molecular formula is C21H22N2O6. The Kier molecular flexibility index (Phi) is 6.01. The molecule has 0 radical (unpaired) electrons. The van der Waals surface area contributed by atoms with Crippen LogP contribution in [0.1, 0.15) is 23.7 Å². The van der Waals surface area contributed by atoms with E-state index in [-0.39, 0.29) is 37.2 Å². The molecule has 1 aliphatic rings. The number of anilines is 2. The van der Waals surface area contributed by atoms with E-state index in [0.29, 0.717) is 34.2 Å². The van der Waals surface area contributed by atoms with Crippen LogP contribution in [0.15, 0.2) is 36.4 Å². The maximum absolute atomic E-state index is 12.5. The van der Waals surface area contributed by atoms with Gasteiger partial charge in [0.2, 0.25) is 5.91 Å². The van der Waals surface area contributed by atoms with Crippen molar-refractivity contribution in [1.29, 1.82) is 0 Å². The number of hydrogen-bond acceptors (Lipinski definition) is 6. The summed E-state index contributed by atoms with van der Waals surface area (Å²) in [5.74, 6) is 0.917. The van der Waals surface area contributed by atoms with Crippen LogP contribution in [0.3, 0.4) is 0 Å². The first-order valence-corrected chi connectivity index (χ1v) is 9.03. The summed E-state index contributed by atoms with van der Waals surface area (Å²) in [6, 6.07) is 9.98. The molecule has 1 N–H and O–H groups in total. The summed E-state index contributed by atoms with van der Waals surface area (Å²) in [7, 11) is 3.04. The lowest BCUT2D eigenvalue weighted by Gasteiger charge is -2.29. The number of fused-ring (bicyclic) bond motifs is 1. The predicted molar refractivity (Wildman–Crippen MR) is 107 cm³/mol. The Morgan fingerprint density at radius 2 is 1.93 bits per heavy atom. The quantitative estimate of drug-likeness (QED) is 0.721. The third-order valence-corrected chi connectivity index (χ3v) is 4.55. The van der Waals surface area contributed by atoms with Gasteiger partial charge in [0.15, 0.2) is 12.4 Å². The SMILES string of the molecule is COc1ccc(NC(=O)CCN2C(=O)COc3ccc(C(C)=O)cc32)c(OC)c1. The van der Waals surface area contributed by atoms with Crippen LogP contribution in [0.2, 0.25) is 0 Å². The topological polar surface area (TPSA) is 94.2 Å². The van der Waals surface area contributed by atoms with Crippen LogP contribution in [0.25, 0.3) is 0 Å². The molecular weight excluding hydrogens is 376 g/mol. The fraction of sp³-hybridized carbons (Fsp3) is 0.286. The minimum Gasteiger partial charge on any atom is -0.497 e. The molecule has 8 heteroatoms. The molecule has 0 atom stereocenters. The second kappa shape index (κ2) is 8.64. The zero-order valence-corrected chi connectivity index (χ0v) is 16.5. The van der Waals surface area contributed by atoms with Crippen molar-refractivity contribution in [3.63, 3.8) is 0 Å². The van der Waals surface area contributed by atoms with E-state index in [4.69, 9.17) is 14.2 Å². The molecule has 3 rings (SSSR count). The van der Waals surface area contributed by atoms with Crippen LogP contribution in [0, 0.1) is 0 Å². The highest BCUT2D eigenvalue weighted by Crippen LogP contribution is 2.33. The summed E-state index contributed by atoms with van der Waals surface area (Å²) in [6.45, 7) is 1.49. The van der Waals surface area contributed by atoms with Gasteiger partial charge in [0.25, 0.3) is 5.91 Å². The number of carbonyl (C=O) groups is 3.